The van der Waals surface area contributed by atoms with E-state index in [1.165, 1.54) is 35.5 Å². The maximum Gasteiger partial charge on any atom is 0.416 e. The number of unbranched alkanes of at least 4 members (excludes halogenated alkanes) is 5. The summed E-state index contributed by atoms with van der Waals surface area (Å²) in [5.74, 6) is 0.243. The number of amides is 1. The lowest BCUT2D eigenvalue weighted by Gasteiger charge is -2.09. The van der Waals surface area contributed by atoms with E-state index in [1.807, 2.05) is 36.4 Å². The molecule has 0 saturated carbocycles. The van der Waals surface area contributed by atoms with Crippen LogP contribution in [0.15, 0.2) is 60.7 Å². The van der Waals surface area contributed by atoms with Crippen LogP contribution in [0.2, 0.25) is 0 Å². The van der Waals surface area contributed by atoms with Gasteiger partial charge >= 0.3 is 12.1 Å². The van der Waals surface area contributed by atoms with Crippen molar-refractivity contribution in [1.29, 1.82) is 0 Å². The highest BCUT2D eigenvalue weighted by atomic mass is 32.1. The van der Waals surface area contributed by atoms with E-state index in [-0.39, 0.29) is 24.8 Å². The molecule has 1 aromatic heterocycles. The maximum atomic E-state index is 12.7. The summed E-state index contributed by atoms with van der Waals surface area (Å²) in [6, 6.07) is 16.4. The number of aryl methyl sites for hydroxylation is 1. The van der Waals surface area contributed by atoms with E-state index in [2.05, 4.69) is 10.1 Å². The van der Waals surface area contributed by atoms with Gasteiger partial charge in [0, 0.05) is 11.4 Å². The molecule has 9 heteroatoms. The van der Waals surface area contributed by atoms with Crippen LogP contribution in [0, 0.1) is 0 Å². The third-order valence-corrected chi connectivity index (χ3v) is 7.36. The Hall–Kier alpha value is -3.33. The molecule has 0 saturated heterocycles. The van der Waals surface area contributed by atoms with Gasteiger partial charge in [-0.05, 0) is 66.8 Å². The Morgan fingerprint density at radius 2 is 1.44 bits per heavy atom. The lowest BCUT2D eigenvalue weighted by Crippen LogP contribution is -2.25. The highest BCUT2D eigenvalue weighted by Gasteiger charge is 2.29. The second kappa shape index (κ2) is 15.3. The standard InChI is InChI=1S/C30H34F3NO4S/c1-37-28(35)19-20-34-29(36)27-18-17-26(39-27)8-6-4-2-3-5-7-21-38-25-15-11-23(12-16-25)22-9-13-24(14-10-22)30(31,32)33/h9-18H,2-8,19-21H2,1H3,(H,34,36). The number of alkyl halides is 3. The molecular weight excluding hydrogens is 527 g/mol. The van der Waals surface area contributed by atoms with Gasteiger partial charge < -0.3 is 14.8 Å². The van der Waals surface area contributed by atoms with E-state index in [9.17, 15) is 22.8 Å². The van der Waals surface area contributed by atoms with Crippen molar-refractivity contribution in [1.82, 2.24) is 5.32 Å². The van der Waals surface area contributed by atoms with Gasteiger partial charge in [0.2, 0.25) is 0 Å². The average Bonchev–Trinajstić information content (AvgIpc) is 3.41. The predicted octanol–water partition coefficient (Wildman–Crippen LogP) is 7.69. The van der Waals surface area contributed by atoms with Crippen LogP contribution in [0.3, 0.4) is 0 Å². The highest BCUT2D eigenvalue weighted by molar-refractivity contribution is 7.14. The zero-order chi connectivity index (χ0) is 28.1. The fourth-order valence-corrected chi connectivity index (χ4v) is 4.96. The van der Waals surface area contributed by atoms with Gasteiger partial charge in [-0.1, -0.05) is 49.9 Å². The number of esters is 1. The Labute approximate surface area is 231 Å². The van der Waals surface area contributed by atoms with Crippen molar-refractivity contribution in [2.75, 3.05) is 20.3 Å². The number of rotatable bonds is 15. The van der Waals surface area contributed by atoms with Gasteiger partial charge in [0.05, 0.1) is 30.6 Å². The summed E-state index contributed by atoms with van der Waals surface area (Å²) in [4.78, 5) is 25.1. The molecule has 3 rings (SSSR count). The molecule has 0 fully saturated rings. The number of methoxy groups -OCH3 is 1. The van der Waals surface area contributed by atoms with Gasteiger partial charge in [-0.25, -0.2) is 0 Å². The number of hydrogen-bond acceptors (Lipinski definition) is 5. The molecule has 0 atom stereocenters. The second-order valence-electron chi connectivity index (χ2n) is 9.17. The summed E-state index contributed by atoms with van der Waals surface area (Å²) < 4.78 is 48.6. The van der Waals surface area contributed by atoms with Crippen molar-refractivity contribution < 1.29 is 32.2 Å². The van der Waals surface area contributed by atoms with Gasteiger partial charge in [-0.2, -0.15) is 13.2 Å². The minimum atomic E-state index is -4.33. The van der Waals surface area contributed by atoms with E-state index in [1.54, 1.807) is 0 Å². The molecule has 0 radical (unpaired) electrons. The topological polar surface area (TPSA) is 64.6 Å². The van der Waals surface area contributed by atoms with Crippen molar-refractivity contribution in [2.45, 2.75) is 57.5 Å². The SMILES string of the molecule is COC(=O)CCNC(=O)c1ccc(CCCCCCCCOc2ccc(-c3ccc(C(F)(F)F)cc3)cc2)s1. The number of carbonyl (C=O) groups excluding carboxylic acids is 2. The molecule has 1 heterocycles. The molecule has 210 valence electrons. The Kier molecular flexibility index (Phi) is 11.9. The number of halogens is 3. The van der Waals surface area contributed by atoms with Gasteiger partial charge in [-0.3, -0.25) is 9.59 Å². The van der Waals surface area contributed by atoms with Gasteiger partial charge in [0.1, 0.15) is 5.75 Å². The van der Waals surface area contributed by atoms with Crippen LogP contribution in [0.25, 0.3) is 11.1 Å². The molecule has 0 bridgehead atoms. The minimum absolute atomic E-state index is 0.160. The molecule has 1 amide bonds. The molecule has 39 heavy (non-hydrogen) atoms. The minimum Gasteiger partial charge on any atom is -0.494 e. The first-order valence-corrected chi connectivity index (χ1v) is 13.9. The summed E-state index contributed by atoms with van der Waals surface area (Å²) >= 11 is 1.49. The summed E-state index contributed by atoms with van der Waals surface area (Å²) in [7, 11) is 1.32. The Morgan fingerprint density at radius 1 is 0.821 bits per heavy atom. The quantitative estimate of drug-likeness (QED) is 0.153. The van der Waals surface area contributed by atoms with Crippen molar-refractivity contribution in [2.24, 2.45) is 0 Å². The van der Waals surface area contributed by atoms with Crippen LogP contribution in [0.4, 0.5) is 13.2 Å². The fraction of sp³-hybridized carbons (Fsp3) is 0.400. The Bertz CT molecular complexity index is 1170. The summed E-state index contributed by atoms with van der Waals surface area (Å²) in [5.41, 5.74) is 0.917. The molecule has 0 aliphatic heterocycles. The lowest BCUT2D eigenvalue weighted by atomic mass is 10.0. The third kappa shape index (κ3) is 10.4. The largest absolute Gasteiger partial charge is 0.494 e. The second-order valence-corrected chi connectivity index (χ2v) is 10.3. The van der Waals surface area contributed by atoms with Crippen molar-refractivity contribution in [3.8, 4) is 16.9 Å². The molecule has 0 spiro atoms. The highest BCUT2D eigenvalue weighted by Crippen LogP contribution is 2.31. The molecule has 3 aromatic rings. The Morgan fingerprint density at radius 3 is 2.08 bits per heavy atom. The maximum absolute atomic E-state index is 12.7. The third-order valence-electron chi connectivity index (χ3n) is 6.21. The monoisotopic (exact) mass is 561 g/mol. The summed E-state index contributed by atoms with van der Waals surface area (Å²) in [5, 5.41) is 2.73. The molecule has 5 nitrogen and oxygen atoms in total. The number of benzene rings is 2. The molecule has 2 aromatic carbocycles. The smallest absolute Gasteiger partial charge is 0.416 e. The number of hydrogen-bond donors (Lipinski definition) is 1. The zero-order valence-electron chi connectivity index (χ0n) is 22.0. The van der Waals surface area contributed by atoms with E-state index in [0.717, 1.165) is 74.0 Å². The Balaban J connectivity index is 1.23. The summed E-state index contributed by atoms with van der Waals surface area (Å²) in [6.07, 6.45) is 3.30. The molecule has 0 aliphatic carbocycles. The van der Waals surface area contributed by atoms with E-state index < -0.39 is 11.7 Å². The van der Waals surface area contributed by atoms with Crippen molar-refractivity contribution in [3.05, 3.63) is 76.0 Å². The number of nitrogens with one attached hydrogen (secondary N) is 1. The normalized spacial score (nSPS) is 11.3. The average molecular weight is 562 g/mol. The predicted molar refractivity (Wildman–Crippen MR) is 147 cm³/mol. The van der Waals surface area contributed by atoms with E-state index >= 15 is 0 Å². The number of thiophene rings is 1. The first kappa shape index (κ1) is 30.2. The molecule has 0 unspecified atom stereocenters. The zero-order valence-corrected chi connectivity index (χ0v) is 22.8. The fourth-order valence-electron chi connectivity index (χ4n) is 4.00. The van der Waals surface area contributed by atoms with E-state index in [0.29, 0.717) is 11.5 Å². The lowest BCUT2D eigenvalue weighted by molar-refractivity contribution is -0.140. The van der Waals surface area contributed by atoms with Crippen LogP contribution >= 0.6 is 11.3 Å². The van der Waals surface area contributed by atoms with Crippen LogP contribution in [-0.2, 0) is 22.1 Å². The first-order valence-electron chi connectivity index (χ1n) is 13.1. The van der Waals surface area contributed by atoms with Crippen molar-refractivity contribution >= 4 is 23.2 Å². The van der Waals surface area contributed by atoms with Crippen molar-refractivity contribution in [3.63, 3.8) is 0 Å². The first-order chi connectivity index (χ1) is 18.8. The van der Waals surface area contributed by atoms with Gasteiger partial charge in [-0.15, -0.1) is 11.3 Å². The summed E-state index contributed by atoms with van der Waals surface area (Å²) in [6.45, 7) is 0.890. The van der Waals surface area contributed by atoms with E-state index in [4.69, 9.17) is 4.74 Å². The van der Waals surface area contributed by atoms with Crippen LogP contribution in [-0.4, -0.2) is 32.1 Å². The molecule has 0 aliphatic rings. The van der Waals surface area contributed by atoms with Gasteiger partial charge in [0.25, 0.3) is 5.91 Å². The van der Waals surface area contributed by atoms with Crippen LogP contribution in [0.5, 0.6) is 5.75 Å². The number of carbonyl (C=O) groups is 2. The molecule has 1 N–H and O–H groups in total. The number of ether oxygens (including phenoxy) is 2. The molecular formula is C30H34F3NO4S. The van der Waals surface area contributed by atoms with Gasteiger partial charge in [0.15, 0.2) is 0 Å². The van der Waals surface area contributed by atoms with Crippen LogP contribution in [0.1, 0.15) is 65.1 Å². The van der Waals surface area contributed by atoms with Crippen LogP contribution < -0.4 is 10.1 Å².